The van der Waals surface area contributed by atoms with Crippen molar-refractivity contribution in [2.24, 2.45) is 5.10 Å². The number of sulfonamides is 1. The minimum absolute atomic E-state index is 0.364. The number of hydrogen-bond acceptors (Lipinski definition) is 4. The zero-order valence-electron chi connectivity index (χ0n) is 18.2. The molecule has 0 radical (unpaired) electrons. The Kier molecular flexibility index (Phi) is 6.61. The number of rotatable bonds is 4. The van der Waals surface area contributed by atoms with Crippen molar-refractivity contribution in [1.82, 2.24) is 9.73 Å². The average Bonchev–Trinajstić information content (AvgIpc) is 3.16. The van der Waals surface area contributed by atoms with Crippen LogP contribution in [0.2, 0.25) is 5.02 Å². The van der Waals surface area contributed by atoms with Gasteiger partial charge in [-0.1, -0.05) is 54.1 Å². The van der Waals surface area contributed by atoms with Crippen molar-refractivity contribution in [2.45, 2.75) is 30.0 Å². The summed E-state index contributed by atoms with van der Waals surface area (Å²) >= 11 is 6.00. The largest absolute Gasteiger partial charge is 0.416 e. The monoisotopic (exact) mass is 521 g/mol. The fraction of sp³-hybridized carbons (Fsp3) is 0.167. The van der Waals surface area contributed by atoms with E-state index in [2.05, 4.69) is 5.10 Å². The van der Waals surface area contributed by atoms with Gasteiger partial charge in [-0.05, 0) is 54.4 Å². The second kappa shape index (κ2) is 9.35. The third-order valence-electron chi connectivity index (χ3n) is 5.60. The summed E-state index contributed by atoms with van der Waals surface area (Å²) in [7, 11) is -4.45. The van der Waals surface area contributed by atoms with Crippen LogP contribution >= 0.6 is 11.6 Å². The maximum Gasteiger partial charge on any atom is 0.416 e. The molecule has 1 aliphatic heterocycles. The summed E-state index contributed by atoms with van der Waals surface area (Å²) < 4.78 is 65.7. The van der Waals surface area contributed by atoms with E-state index < -0.39 is 38.7 Å². The molecule has 0 fully saturated rings. The van der Waals surface area contributed by atoms with Gasteiger partial charge < -0.3 is 0 Å². The Morgan fingerprint density at radius 2 is 1.57 bits per heavy atom. The van der Waals surface area contributed by atoms with Gasteiger partial charge in [0, 0.05) is 5.02 Å². The number of amides is 2. The van der Waals surface area contributed by atoms with E-state index in [-0.39, 0.29) is 5.92 Å². The predicted octanol–water partition coefficient (Wildman–Crippen LogP) is 5.65. The fourth-order valence-corrected chi connectivity index (χ4v) is 4.93. The Bertz CT molecular complexity index is 1360. The molecular formula is C24H19ClF3N3O3S. The molecule has 0 unspecified atom stereocenters. The smallest absolute Gasteiger partial charge is 0.246 e. The first-order valence-corrected chi connectivity index (χ1v) is 12.3. The number of alkyl halides is 3. The van der Waals surface area contributed by atoms with Crippen molar-refractivity contribution in [3.63, 3.8) is 0 Å². The maximum atomic E-state index is 13.0. The molecule has 6 nitrogen and oxygen atoms in total. The van der Waals surface area contributed by atoms with Gasteiger partial charge in [0.2, 0.25) is 0 Å². The van der Waals surface area contributed by atoms with Crippen molar-refractivity contribution >= 4 is 33.4 Å². The van der Waals surface area contributed by atoms with E-state index in [1.165, 1.54) is 0 Å². The topological polar surface area (TPSA) is 78.8 Å². The number of hydrazone groups is 1. The SMILES string of the molecule is C[C@@H]1[C@H](c2ccccc2)C(c2ccc(Cl)cc2)=NN1C(=O)NS(=O)(=O)c1ccc(C(F)(F)F)cc1. The Morgan fingerprint density at radius 3 is 2.14 bits per heavy atom. The van der Waals surface area contributed by atoms with Gasteiger partial charge in [-0.3, -0.25) is 0 Å². The molecule has 3 aromatic rings. The van der Waals surface area contributed by atoms with Crippen LogP contribution < -0.4 is 4.72 Å². The first-order valence-electron chi connectivity index (χ1n) is 10.4. The van der Waals surface area contributed by atoms with Crippen LogP contribution in [0, 0.1) is 0 Å². The highest BCUT2D eigenvalue weighted by Gasteiger charge is 2.40. The van der Waals surface area contributed by atoms with Crippen LogP contribution in [-0.4, -0.2) is 31.2 Å². The molecule has 0 bridgehead atoms. The molecule has 0 aromatic heterocycles. The van der Waals surface area contributed by atoms with E-state index in [9.17, 15) is 26.4 Å². The van der Waals surface area contributed by atoms with Crippen molar-refractivity contribution in [1.29, 1.82) is 0 Å². The zero-order valence-corrected chi connectivity index (χ0v) is 19.8. The summed E-state index contributed by atoms with van der Waals surface area (Å²) in [6.45, 7) is 1.73. The quantitative estimate of drug-likeness (QED) is 0.482. The first kappa shape index (κ1) is 24.7. The van der Waals surface area contributed by atoms with Gasteiger partial charge in [0.05, 0.1) is 28.1 Å². The molecule has 11 heteroatoms. The summed E-state index contributed by atoms with van der Waals surface area (Å²) in [5, 5.41) is 5.99. The first-order chi connectivity index (χ1) is 16.5. The van der Waals surface area contributed by atoms with Crippen LogP contribution in [0.4, 0.5) is 18.0 Å². The molecule has 1 heterocycles. The van der Waals surface area contributed by atoms with Gasteiger partial charge in [-0.2, -0.15) is 18.3 Å². The molecular weight excluding hydrogens is 503 g/mol. The number of nitrogens with zero attached hydrogens (tertiary/aromatic N) is 2. The van der Waals surface area contributed by atoms with E-state index in [1.807, 2.05) is 35.1 Å². The molecule has 1 aliphatic rings. The molecule has 2 atom stereocenters. The van der Waals surface area contributed by atoms with Crippen molar-refractivity contribution in [3.05, 3.63) is 101 Å². The van der Waals surface area contributed by atoms with Crippen LogP contribution in [0.15, 0.2) is 88.9 Å². The molecule has 0 saturated heterocycles. The second-order valence-electron chi connectivity index (χ2n) is 7.90. The summed E-state index contributed by atoms with van der Waals surface area (Å²) in [5.41, 5.74) is 1.12. The average molecular weight is 522 g/mol. The normalized spacial score (nSPS) is 18.3. The highest BCUT2D eigenvalue weighted by molar-refractivity contribution is 7.90. The van der Waals surface area contributed by atoms with E-state index in [1.54, 1.807) is 31.2 Å². The standard InChI is InChI=1S/C24H19ClF3N3O3S/c1-15-21(16-5-3-2-4-6-16)22(17-7-11-19(25)12-8-17)29-31(15)23(32)30-35(33,34)20-13-9-18(10-14-20)24(26,27)28/h2-15,21H,1H3,(H,30,32)/t15-,21-/m1/s1. The van der Waals surface area contributed by atoms with Crippen molar-refractivity contribution < 1.29 is 26.4 Å². The Hall–Kier alpha value is -3.37. The third-order valence-corrected chi connectivity index (χ3v) is 7.19. The minimum atomic E-state index is -4.62. The van der Waals surface area contributed by atoms with Gasteiger partial charge in [0.15, 0.2) is 0 Å². The Morgan fingerprint density at radius 1 is 0.971 bits per heavy atom. The third kappa shape index (κ3) is 5.18. The molecule has 35 heavy (non-hydrogen) atoms. The summed E-state index contributed by atoms with van der Waals surface area (Å²) in [6.07, 6.45) is -4.62. The number of halogens is 4. The van der Waals surface area contributed by atoms with Crippen LogP contribution in [0.1, 0.15) is 29.5 Å². The van der Waals surface area contributed by atoms with E-state index in [4.69, 9.17) is 11.6 Å². The lowest BCUT2D eigenvalue weighted by atomic mass is 9.86. The number of benzene rings is 3. The van der Waals surface area contributed by atoms with Crippen LogP contribution in [-0.2, 0) is 16.2 Å². The van der Waals surface area contributed by atoms with Crippen molar-refractivity contribution in [3.8, 4) is 0 Å². The highest BCUT2D eigenvalue weighted by Crippen LogP contribution is 2.35. The highest BCUT2D eigenvalue weighted by atomic mass is 35.5. The molecule has 0 spiro atoms. The number of nitrogens with one attached hydrogen (secondary N) is 1. The lowest BCUT2D eigenvalue weighted by Crippen LogP contribution is -2.43. The van der Waals surface area contributed by atoms with Gasteiger partial charge in [0.1, 0.15) is 0 Å². The molecule has 0 saturated carbocycles. The molecule has 182 valence electrons. The molecule has 1 N–H and O–H groups in total. The van der Waals surface area contributed by atoms with Gasteiger partial charge >= 0.3 is 12.2 Å². The van der Waals surface area contributed by atoms with E-state index >= 15 is 0 Å². The summed E-state index contributed by atoms with van der Waals surface area (Å²) in [5.74, 6) is -0.364. The minimum Gasteiger partial charge on any atom is -0.246 e. The maximum absolute atomic E-state index is 13.0. The van der Waals surface area contributed by atoms with Gasteiger partial charge in [-0.15, -0.1) is 0 Å². The summed E-state index contributed by atoms with van der Waals surface area (Å²) in [6, 6.07) is 17.5. The number of carbonyl (C=O) groups excluding carboxylic acids is 1. The van der Waals surface area contributed by atoms with Gasteiger partial charge in [-0.25, -0.2) is 22.9 Å². The van der Waals surface area contributed by atoms with Crippen molar-refractivity contribution in [2.75, 3.05) is 0 Å². The lowest BCUT2D eigenvalue weighted by molar-refractivity contribution is -0.137. The van der Waals surface area contributed by atoms with E-state index in [0.717, 1.165) is 22.7 Å². The Labute approximate surface area is 205 Å². The fourth-order valence-electron chi connectivity index (χ4n) is 3.87. The number of hydrogen-bond donors (Lipinski definition) is 1. The summed E-state index contributed by atoms with van der Waals surface area (Å²) in [4.78, 5) is 12.5. The number of carbonyl (C=O) groups is 1. The van der Waals surface area contributed by atoms with Crippen LogP contribution in [0.3, 0.4) is 0 Å². The predicted molar refractivity (Wildman–Crippen MR) is 126 cm³/mol. The second-order valence-corrected chi connectivity index (χ2v) is 10.0. The molecule has 4 rings (SSSR count). The molecule has 0 aliphatic carbocycles. The van der Waals surface area contributed by atoms with Crippen LogP contribution in [0.25, 0.3) is 0 Å². The van der Waals surface area contributed by atoms with Gasteiger partial charge in [0.25, 0.3) is 10.0 Å². The molecule has 3 aromatic carbocycles. The zero-order chi connectivity index (χ0) is 25.4. The van der Waals surface area contributed by atoms with E-state index in [0.29, 0.717) is 28.4 Å². The Balaban J connectivity index is 1.64. The van der Waals surface area contributed by atoms with Crippen LogP contribution in [0.5, 0.6) is 0 Å². The number of urea groups is 1. The lowest BCUT2D eigenvalue weighted by Gasteiger charge is -2.23. The molecule has 2 amide bonds.